The number of pyridine rings is 3. The van der Waals surface area contributed by atoms with Gasteiger partial charge in [-0.25, -0.2) is 0 Å². The molecule has 0 saturated carbocycles. The molecule has 4 aromatic heterocycles. The second-order valence-electron chi connectivity index (χ2n) is 19.2. The first-order chi connectivity index (χ1) is 34.8. The van der Waals surface area contributed by atoms with Gasteiger partial charge in [0.25, 0.3) is 0 Å². The van der Waals surface area contributed by atoms with Gasteiger partial charge in [-0.3, -0.25) is 0 Å². The summed E-state index contributed by atoms with van der Waals surface area (Å²) in [5.74, 6) is 0. The summed E-state index contributed by atoms with van der Waals surface area (Å²) in [7, 11) is 0. The molecule has 0 atom stereocenters. The number of fused-ring (bicyclic) bond motifs is 3. The number of hydrogen-bond donors (Lipinski definition) is 0. The van der Waals surface area contributed by atoms with Crippen LogP contribution in [-0.2, 0) is 62.9 Å². The van der Waals surface area contributed by atoms with Crippen molar-refractivity contribution < 1.29 is 35.5 Å². The summed E-state index contributed by atoms with van der Waals surface area (Å²) in [5.41, 5.74) is 5.13. The van der Waals surface area contributed by atoms with E-state index in [4.69, 9.17) is 22.1 Å². The molecule has 0 N–H and O–H groups in total. The Morgan fingerprint density at radius 2 is 1.22 bits per heavy atom. The number of hydrogen-bond acceptors (Lipinski definition) is 5. The largest absolute Gasteiger partial charge is 3.00 e. The van der Waals surface area contributed by atoms with Crippen LogP contribution in [0.2, 0.25) is 0 Å². The van der Waals surface area contributed by atoms with Gasteiger partial charge in [0.05, 0.1) is 20.0 Å². The minimum atomic E-state index is -2.87. The third-order valence-corrected chi connectivity index (χ3v) is 11.8. The molecule has 6 heteroatoms. The Morgan fingerprint density at radius 3 is 1.76 bits per heavy atom. The van der Waals surface area contributed by atoms with Crippen molar-refractivity contribution in [1.82, 2.24) is 15.0 Å². The zero-order valence-corrected chi connectivity index (χ0v) is 41.0. The van der Waals surface area contributed by atoms with Crippen LogP contribution < -0.4 is 0 Å². The number of aromatic nitrogens is 3. The molecule has 5 aromatic carbocycles. The normalized spacial score (nSPS) is 14.4. The maximum atomic E-state index is 9.96. The van der Waals surface area contributed by atoms with Gasteiger partial charge in [-0.1, -0.05) is 114 Å². The molecule has 67 heavy (non-hydrogen) atoms. The Labute approximate surface area is 421 Å². The van der Waals surface area contributed by atoms with Crippen molar-refractivity contribution >= 4 is 21.9 Å². The average Bonchev–Trinajstić information content (AvgIpc) is 3.75. The Bertz CT molecular complexity index is 3490. The van der Waals surface area contributed by atoms with Crippen LogP contribution in [-0.4, -0.2) is 15.0 Å². The molecule has 0 radical (unpaired) electrons. The fourth-order valence-corrected chi connectivity index (χ4v) is 8.48. The van der Waals surface area contributed by atoms with E-state index in [9.17, 15) is 13.5 Å². The third kappa shape index (κ3) is 10.7. The first-order valence-corrected chi connectivity index (χ1v) is 22.1. The van der Waals surface area contributed by atoms with Crippen molar-refractivity contribution in [2.75, 3.05) is 0 Å². The summed E-state index contributed by atoms with van der Waals surface area (Å²) in [6, 6.07) is 46.4. The molecule has 0 aliphatic carbocycles. The molecule has 5 nitrogen and oxygen atoms in total. The van der Waals surface area contributed by atoms with E-state index in [1.54, 1.807) is 45.0 Å². The summed E-state index contributed by atoms with van der Waals surface area (Å²) in [6.45, 7) is 13.6. The fraction of sp³-hybridized carbons (Fsp3) is 0.246. The number of aryl methyl sites for hydroxylation is 2. The summed E-state index contributed by atoms with van der Waals surface area (Å²) in [4.78, 5) is 14.3. The molecule has 0 spiro atoms. The third-order valence-electron chi connectivity index (χ3n) is 11.8. The van der Waals surface area contributed by atoms with E-state index in [1.807, 2.05) is 79.1 Å². The molecule has 9 rings (SSSR count). The molecule has 4 heterocycles. The topological polar surface area (TPSA) is 75.6 Å². The Morgan fingerprint density at radius 1 is 0.627 bits per heavy atom. The number of furan rings is 1. The minimum absolute atomic E-state index is 0. The summed E-state index contributed by atoms with van der Waals surface area (Å²) in [5, 5.41) is 10.7. The number of benzene rings is 5. The second kappa shape index (κ2) is 19.4. The van der Waals surface area contributed by atoms with Crippen molar-refractivity contribution in [3.05, 3.63) is 209 Å². The van der Waals surface area contributed by atoms with Crippen LogP contribution in [0.15, 0.2) is 150 Å². The average molecular weight is 1060 g/mol. The Balaban J connectivity index is 0.00000747. The molecule has 9 aromatic rings. The Hall–Kier alpha value is -6.51. The molecule has 0 aliphatic heterocycles. The van der Waals surface area contributed by atoms with E-state index in [0.29, 0.717) is 29.2 Å². The molecule has 0 bridgehead atoms. The molecule has 0 aliphatic rings. The molecule has 0 saturated heterocycles. The molecule has 0 amide bonds. The molecule has 0 unspecified atom stereocenters. The van der Waals surface area contributed by atoms with Crippen LogP contribution in [0.5, 0.6) is 0 Å². The van der Waals surface area contributed by atoms with Gasteiger partial charge in [0.1, 0.15) is 5.58 Å². The van der Waals surface area contributed by atoms with Gasteiger partial charge in [-0.2, -0.15) is 5.26 Å². The maximum Gasteiger partial charge on any atom is 3.00 e. The summed E-state index contributed by atoms with van der Waals surface area (Å²) < 4.78 is 82.3. The zero-order chi connectivity index (χ0) is 53.2. The molecule has 0 fully saturated rings. The first kappa shape index (κ1) is 37.6. The van der Waals surface area contributed by atoms with Crippen LogP contribution in [0.25, 0.3) is 55.7 Å². The van der Waals surface area contributed by atoms with E-state index in [-0.39, 0.29) is 71.3 Å². The van der Waals surface area contributed by atoms with Crippen LogP contribution in [0.3, 0.4) is 0 Å². The SMILES string of the molecule is [2H]c1cc2c(oc3c(-c4cc(C([2H])([2H])C(C)(C)C)c(C([2H])([2H])C([2H])([2H])c5cc(CC(C)(C)c6ccc(-c7[c-]cccc7)nc6)cc(CC(C)(C)c6ccc(-c7[c-]cccc7)nc6)c5)cn4)[c-]ccc32)c([2H])c1C#N.[Ir+3]. The van der Waals surface area contributed by atoms with Crippen molar-refractivity contribution in [2.24, 2.45) is 5.41 Å². The van der Waals surface area contributed by atoms with Crippen LogP contribution in [0.1, 0.15) is 104 Å². The summed E-state index contributed by atoms with van der Waals surface area (Å²) in [6.07, 6.45) is -2.01. The minimum Gasteiger partial charge on any atom is -0.501 e. The van der Waals surface area contributed by atoms with Crippen molar-refractivity contribution in [1.29, 1.82) is 5.26 Å². The molecule has 334 valence electrons. The van der Waals surface area contributed by atoms with Gasteiger partial charge in [0.2, 0.25) is 0 Å². The zero-order valence-electron chi connectivity index (χ0n) is 46.6. The van der Waals surface area contributed by atoms with Gasteiger partial charge >= 0.3 is 20.1 Å². The number of nitrogens with zero attached hydrogens (tertiary/aromatic N) is 4. The van der Waals surface area contributed by atoms with Crippen molar-refractivity contribution in [2.45, 2.75) is 91.3 Å². The maximum absolute atomic E-state index is 9.96. The predicted octanol–water partition coefficient (Wildman–Crippen LogP) is 14.5. The van der Waals surface area contributed by atoms with E-state index >= 15 is 0 Å². The quantitative estimate of drug-likeness (QED) is 0.108. The van der Waals surface area contributed by atoms with E-state index in [2.05, 4.69) is 64.1 Å². The first-order valence-electron chi connectivity index (χ1n) is 26.1. The van der Waals surface area contributed by atoms with Crippen LogP contribution in [0, 0.1) is 34.9 Å². The van der Waals surface area contributed by atoms with E-state index < -0.39 is 35.4 Å². The van der Waals surface area contributed by atoms with Crippen LogP contribution >= 0.6 is 0 Å². The second-order valence-corrected chi connectivity index (χ2v) is 19.2. The predicted molar refractivity (Wildman–Crippen MR) is 268 cm³/mol. The number of nitriles is 1. The van der Waals surface area contributed by atoms with Gasteiger partial charge in [-0.05, 0) is 116 Å². The van der Waals surface area contributed by atoms with Crippen molar-refractivity contribution in [3.8, 4) is 39.8 Å². The van der Waals surface area contributed by atoms with Gasteiger partial charge < -0.3 is 19.4 Å². The smallest absolute Gasteiger partial charge is 0.501 e. The molecular weight excluding hydrogens is 997 g/mol. The van der Waals surface area contributed by atoms with E-state index in [0.717, 1.165) is 44.8 Å². The Kier molecular flexibility index (Phi) is 10.9. The van der Waals surface area contributed by atoms with Crippen molar-refractivity contribution in [3.63, 3.8) is 0 Å². The van der Waals surface area contributed by atoms with Gasteiger partial charge in [0, 0.05) is 32.2 Å². The van der Waals surface area contributed by atoms with Crippen LogP contribution in [0.4, 0.5) is 0 Å². The summed E-state index contributed by atoms with van der Waals surface area (Å²) >= 11 is 0. The fourth-order valence-electron chi connectivity index (χ4n) is 8.48. The monoisotopic (exact) mass is 1060 g/mol. The standard InChI is InChI=1S/C61H55N4O.Ir/c1-59(2,3)36-48-33-56(53-20-14-19-52-51-26-22-42(37-62)32-57(51)66-58(52)53)63-38-47(48)23-21-41-29-43(34-60(4,5)49-24-27-54(64-39-49)45-15-10-8-11-16-45)31-44(30-41)35-61(6,7)50-25-28-55(65-40-50)46-17-12-9-13-18-46;/h8-15,17,19,22,24-33,38-40H,21,23,34-36H2,1-7H3;/q-3;+3/i21D2,22D,23D2,32D,36D2;. The molecular formula is C61H55IrN4O. The van der Waals surface area contributed by atoms with E-state index in [1.165, 1.54) is 18.3 Å². The van der Waals surface area contributed by atoms with Gasteiger partial charge in [0.15, 0.2) is 0 Å². The van der Waals surface area contributed by atoms with Gasteiger partial charge in [-0.15, -0.1) is 90.0 Å². The number of rotatable bonds is 13.